The fourth-order valence-corrected chi connectivity index (χ4v) is 2.24. The SMILES string of the molecule is CCc1cc(C(=O)NN(C)C)sc1C. The number of nitrogens with one attached hydrogen (secondary N) is 1. The molecule has 0 atom stereocenters. The van der Waals surface area contributed by atoms with Gasteiger partial charge in [0.2, 0.25) is 0 Å². The molecule has 78 valence electrons. The molecule has 3 nitrogen and oxygen atoms in total. The zero-order valence-corrected chi connectivity index (χ0v) is 9.86. The second-order valence-electron chi connectivity index (χ2n) is 3.38. The molecule has 0 unspecified atom stereocenters. The van der Waals surface area contributed by atoms with Gasteiger partial charge in [-0.15, -0.1) is 11.3 Å². The van der Waals surface area contributed by atoms with Crippen LogP contribution in [0.25, 0.3) is 0 Å². The molecule has 0 saturated carbocycles. The maximum Gasteiger partial charge on any atom is 0.275 e. The summed E-state index contributed by atoms with van der Waals surface area (Å²) in [6.45, 7) is 4.15. The van der Waals surface area contributed by atoms with E-state index in [0.717, 1.165) is 11.3 Å². The minimum atomic E-state index is -0.0252. The van der Waals surface area contributed by atoms with Crippen LogP contribution in [0.4, 0.5) is 0 Å². The zero-order chi connectivity index (χ0) is 10.7. The van der Waals surface area contributed by atoms with Crippen LogP contribution in [0.1, 0.15) is 27.0 Å². The van der Waals surface area contributed by atoms with E-state index in [1.807, 2.05) is 6.07 Å². The maximum atomic E-state index is 11.6. The number of nitrogens with zero attached hydrogens (tertiary/aromatic N) is 1. The Hall–Kier alpha value is -0.870. The summed E-state index contributed by atoms with van der Waals surface area (Å²) >= 11 is 1.55. The van der Waals surface area contributed by atoms with Crippen LogP contribution >= 0.6 is 11.3 Å². The third kappa shape index (κ3) is 2.56. The minimum absolute atomic E-state index is 0.0252. The highest BCUT2D eigenvalue weighted by Crippen LogP contribution is 2.21. The third-order valence-electron chi connectivity index (χ3n) is 1.95. The van der Waals surface area contributed by atoms with Crippen LogP contribution in [0.5, 0.6) is 0 Å². The number of amides is 1. The summed E-state index contributed by atoms with van der Waals surface area (Å²) in [5.74, 6) is -0.0252. The predicted octanol–water partition coefficient (Wildman–Crippen LogP) is 1.83. The molecule has 0 aliphatic rings. The van der Waals surface area contributed by atoms with Crippen molar-refractivity contribution in [3.8, 4) is 0 Å². The number of carbonyl (C=O) groups excluding carboxylic acids is 1. The van der Waals surface area contributed by atoms with Crippen molar-refractivity contribution >= 4 is 17.2 Å². The molecule has 0 spiro atoms. The van der Waals surface area contributed by atoms with E-state index in [-0.39, 0.29) is 5.91 Å². The van der Waals surface area contributed by atoms with Crippen LogP contribution in [0.3, 0.4) is 0 Å². The number of aryl methyl sites for hydroxylation is 2. The molecule has 1 amide bonds. The van der Waals surface area contributed by atoms with Crippen molar-refractivity contribution < 1.29 is 4.79 Å². The lowest BCUT2D eigenvalue weighted by Gasteiger charge is -2.09. The Bertz CT molecular complexity index is 331. The van der Waals surface area contributed by atoms with Gasteiger partial charge in [0.15, 0.2) is 0 Å². The van der Waals surface area contributed by atoms with Crippen molar-refractivity contribution in [3.63, 3.8) is 0 Å². The first-order valence-electron chi connectivity index (χ1n) is 4.62. The van der Waals surface area contributed by atoms with E-state index in [9.17, 15) is 4.79 Å². The van der Waals surface area contributed by atoms with E-state index in [4.69, 9.17) is 0 Å². The fourth-order valence-electron chi connectivity index (χ4n) is 1.24. The topological polar surface area (TPSA) is 32.3 Å². The molecule has 0 aliphatic carbocycles. The lowest BCUT2D eigenvalue weighted by molar-refractivity contribution is 0.0861. The third-order valence-corrected chi connectivity index (χ3v) is 3.04. The van der Waals surface area contributed by atoms with Gasteiger partial charge in [-0.3, -0.25) is 10.2 Å². The Morgan fingerprint density at radius 1 is 1.57 bits per heavy atom. The van der Waals surface area contributed by atoms with Gasteiger partial charge >= 0.3 is 0 Å². The second-order valence-corrected chi connectivity index (χ2v) is 4.64. The van der Waals surface area contributed by atoms with Crippen molar-refractivity contribution in [2.75, 3.05) is 14.1 Å². The average Bonchev–Trinajstić information content (AvgIpc) is 2.45. The van der Waals surface area contributed by atoms with Crippen molar-refractivity contribution in [2.45, 2.75) is 20.3 Å². The van der Waals surface area contributed by atoms with Crippen LogP contribution < -0.4 is 5.43 Å². The van der Waals surface area contributed by atoms with E-state index in [1.165, 1.54) is 10.4 Å². The number of carbonyl (C=O) groups is 1. The van der Waals surface area contributed by atoms with E-state index >= 15 is 0 Å². The molecule has 1 rings (SSSR count). The largest absolute Gasteiger partial charge is 0.285 e. The molecular formula is C10H16N2OS. The monoisotopic (exact) mass is 212 g/mol. The van der Waals surface area contributed by atoms with E-state index in [1.54, 1.807) is 30.4 Å². The fraction of sp³-hybridized carbons (Fsp3) is 0.500. The van der Waals surface area contributed by atoms with Crippen LogP contribution in [-0.4, -0.2) is 25.0 Å². The lowest BCUT2D eigenvalue weighted by atomic mass is 10.2. The average molecular weight is 212 g/mol. The summed E-state index contributed by atoms with van der Waals surface area (Å²) in [5.41, 5.74) is 3.99. The molecule has 0 bridgehead atoms. The second kappa shape index (κ2) is 4.57. The molecular weight excluding hydrogens is 196 g/mol. The number of thiophene rings is 1. The molecule has 1 aromatic heterocycles. The van der Waals surface area contributed by atoms with Gasteiger partial charge in [0, 0.05) is 19.0 Å². The van der Waals surface area contributed by atoms with E-state index in [0.29, 0.717) is 0 Å². The number of hydrogen-bond acceptors (Lipinski definition) is 3. The molecule has 0 radical (unpaired) electrons. The molecule has 0 saturated heterocycles. The first-order valence-corrected chi connectivity index (χ1v) is 5.43. The zero-order valence-electron chi connectivity index (χ0n) is 9.05. The normalized spacial score (nSPS) is 10.6. The van der Waals surface area contributed by atoms with Gasteiger partial charge in [-0.05, 0) is 25.0 Å². The highest BCUT2D eigenvalue weighted by Gasteiger charge is 2.11. The van der Waals surface area contributed by atoms with Crippen molar-refractivity contribution in [3.05, 3.63) is 21.4 Å². The Balaban J connectivity index is 2.80. The molecule has 1 aromatic rings. The standard InChI is InChI=1S/C10H16N2OS/c1-5-8-6-9(14-7(8)2)10(13)11-12(3)4/h6H,5H2,1-4H3,(H,11,13). The molecule has 0 aromatic carbocycles. The van der Waals surface area contributed by atoms with Crippen molar-refractivity contribution in [2.24, 2.45) is 0 Å². The summed E-state index contributed by atoms with van der Waals surface area (Å²) in [7, 11) is 3.61. The maximum absolute atomic E-state index is 11.6. The number of rotatable bonds is 3. The molecule has 14 heavy (non-hydrogen) atoms. The smallest absolute Gasteiger partial charge is 0.275 e. The predicted molar refractivity (Wildman–Crippen MR) is 59.6 cm³/mol. The van der Waals surface area contributed by atoms with Crippen molar-refractivity contribution in [1.82, 2.24) is 10.4 Å². The van der Waals surface area contributed by atoms with Crippen molar-refractivity contribution in [1.29, 1.82) is 0 Å². The molecule has 1 N–H and O–H groups in total. The van der Waals surface area contributed by atoms with Gasteiger partial charge in [-0.2, -0.15) is 0 Å². The van der Waals surface area contributed by atoms with Crippen LogP contribution in [0.2, 0.25) is 0 Å². The first kappa shape index (κ1) is 11.2. The van der Waals surface area contributed by atoms with E-state index < -0.39 is 0 Å². The van der Waals surface area contributed by atoms with Gasteiger partial charge in [-0.25, -0.2) is 5.01 Å². The van der Waals surface area contributed by atoms with Crippen LogP contribution in [0.15, 0.2) is 6.07 Å². The highest BCUT2D eigenvalue weighted by molar-refractivity contribution is 7.14. The minimum Gasteiger partial charge on any atom is -0.285 e. The Morgan fingerprint density at radius 2 is 2.21 bits per heavy atom. The number of hydrogen-bond donors (Lipinski definition) is 1. The summed E-state index contributed by atoms with van der Waals surface area (Å²) in [4.78, 5) is 13.6. The lowest BCUT2D eigenvalue weighted by Crippen LogP contribution is -2.35. The molecule has 0 aliphatic heterocycles. The first-order chi connectivity index (χ1) is 6.54. The van der Waals surface area contributed by atoms with Crippen LogP contribution in [0, 0.1) is 6.92 Å². The van der Waals surface area contributed by atoms with Crippen LogP contribution in [-0.2, 0) is 6.42 Å². The van der Waals surface area contributed by atoms with Gasteiger partial charge in [0.1, 0.15) is 0 Å². The quantitative estimate of drug-likeness (QED) is 0.775. The summed E-state index contributed by atoms with van der Waals surface area (Å²) in [6.07, 6.45) is 0.984. The van der Waals surface area contributed by atoms with Gasteiger partial charge < -0.3 is 0 Å². The molecule has 4 heteroatoms. The summed E-state index contributed by atoms with van der Waals surface area (Å²) < 4.78 is 0. The summed E-state index contributed by atoms with van der Waals surface area (Å²) in [5, 5.41) is 1.66. The van der Waals surface area contributed by atoms with Gasteiger partial charge in [0.05, 0.1) is 4.88 Å². The van der Waals surface area contributed by atoms with Gasteiger partial charge in [0.25, 0.3) is 5.91 Å². The Morgan fingerprint density at radius 3 is 2.64 bits per heavy atom. The Labute approximate surface area is 88.7 Å². The van der Waals surface area contributed by atoms with E-state index in [2.05, 4.69) is 19.3 Å². The Kier molecular flexibility index (Phi) is 3.66. The molecule has 0 fully saturated rings. The number of hydrazine groups is 1. The summed E-state index contributed by atoms with van der Waals surface area (Å²) in [6, 6.07) is 1.97. The highest BCUT2D eigenvalue weighted by atomic mass is 32.1. The molecule has 1 heterocycles. The van der Waals surface area contributed by atoms with Gasteiger partial charge in [-0.1, -0.05) is 6.92 Å².